The molecule has 0 bridgehead atoms. The van der Waals surface area contributed by atoms with E-state index in [4.69, 9.17) is 11.2 Å². The van der Waals surface area contributed by atoms with E-state index in [-0.39, 0.29) is 12.4 Å². The fourth-order valence-electron chi connectivity index (χ4n) is 0.707. The van der Waals surface area contributed by atoms with Gasteiger partial charge in [-0.15, -0.1) is 6.42 Å². The molecule has 0 fully saturated rings. The van der Waals surface area contributed by atoms with Crippen molar-refractivity contribution in [1.82, 2.24) is 0 Å². The van der Waals surface area contributed by atoms with E-state index in [1.807, 2.05) is 0 Å². The van der Waals surface area contributed by atoms with Crippen molar-refractivity contribution in [1.29, 1.82) is 0 Å². The van der Waals surface area contributed by atoms with Gasteiger partial charge in [0.15, 0.2) is 11.6 Å². The van der Waals surface area contributed by atoms with Gasteiger partial charge in [0.2, 0.25) is 0 Å². The standard InChI is InChI=1S/C9H6F2O/c1-2-5-12-9-6-7(10)3-4-8(9)11/h1,3-4,6H,5H2. The van der Waals surface area contributed by atoms with Gasteiger partial charge in [-0.25, -0.2) is 8.78 Å². The van der Waals surface area contributed by atoms with Crippen LogP contribution in [-0.2, 0) is 0 Å². The van der Waals surface area contributed by atoms with Crippen molar-refractivity contribution >= 4 is 0 Å². The molecule has 0 unspecified atom stereocenters. The number of hydrogen-bond donors (Lipinski definition) is 0. The van der Waals surface area contributed by atoms with E-state index >= 15 is 0 Å². The molecule has 0 aliphatic heterocycles. The van der Waals surface area contributed by atoms with Gasteiger partial charge in [-0.2, -0.15) is 0 Å². The van der Waals surface area contributed by atoms with Crippen molar-refractivity contribution in [2.45, 2.75) is 0 Å². The number of rotatable bonds is 2. The van der Waals surface area contributed by atoms with Crippen LogP contribution in [0.25, 0.3) is 0 Å². The van der Waals surface area contributed by atoms with Gasteiger partial charge in [0, 0.05) is 6.07 Å². The second-order valence-electron chi connectivity index (χ2n) is 2.07. The minimum absolute atomic E-state index is 0.0691. The van der Waals surface area contributed by atoms with Crippen LogP contribution in [0.5, 0.6) is 5.75 Å². The largest absolute Gasteiger partial charge is 0.478 e. The molecule has 1 aromatic carbocycles. The van der Waals surface area contributed by atoms with Crippen LogP contribution in [0.1, 0.15) is 0 Å². The van der Waals surface area contributed by atoms with Crippen LogP contribution >= 0.6 is 0 Å². The maximum absolute atomic E-state index is 12.7. The van der Waals surface area contributed by atoms with Crippen molar-refractivity contribution in [2.24, 2.45) is 0 Å². The zero-order valence-electron chi connectivity index (χ0n) is 6.18. The Balaban J connectivity index is 2.84. The molecule has 0 aromatic heterocycles. The normalized spacial score (nSPS) is 9.08. The second-order valence-corrected chi connectivity index (χ2v) is 2.07. The van der Waals surface area contributed by atoms with Crippen molar-refractivity contribution in [3.05, 3.63) is 29.8 Å². The van der Waals surface area contributed by atoms with Crippen molar-refractivity contribution in [2.75, 3.05) is 6.61 Å². The summed E-state index contributed by atoms with van der Waals surface area (Å²) in [7, 11) is 0. The average molecular weight is 168 g/mol. The summed E-state index contributed by atoms with van der Waals surface area (Å²) in [5.41, 5.74) is 0. The molecule has 0 atom stereocenters. The van der Waals surface area contributed by atoms with E-state index in [2.05, 4.69) is 5.92 Å². The van der Waals surface area contributed by atoms with Crippen LogP contribution in [0.3, 0.4) is 0 Å². The summed E-state index contributed by atoms with van der Waals surface area (Å²) in [6, 6.07) is 2.95. The van der Waals surface area contributed by atoms with Gasteiger partial charge in [-0.1, -0.05) is 5.92 Å². The molecule has 0 radical (unpaired) electrons. The fourth-order valence-corrected chi connectivity index (χ4v) is 0.707. The van der Waals surface area contributed by atoms with Crippen LogP contribution in [-0.4, -0.2) is 6.61 Å². The predicted molar refractivity (Wildman–Crippen MR) is 40.7 cm³/mol. The summed E-state index contributed by atoms with van der Waals surface area (Å²) in [6.07, 6.45) is 4.87. The van der Waals surface area contributed by atoms with Gasteiger partial charge >= 0.3 is 0 Å². The summed E-state index contributed by atoms with van der Waals surface area (Å²) in [4.78, 5) is 0. The van der Waals surface area contributed by atoms with Crippen molar-refractivity contribution < 1.29 is 13.5 Å². The van der Waals surface area contributed by atoms with Gasteiger partial charge in [0.25, 0.3) is 0 Å². The molecule has 12 heavy (non-hydrogen) atoms. The van der Waals surface area contributed by atoms with Crippen molar-refractivity contribution in [3.8, 4) is 18.1 Å². The Morgan fingerprint density at radius 3 is 2.83 bits per heavy atom. The van der Waals surface area contributed by atoms with E-state index in [0.717, 1.165) is 18.2 Å². The zero-order valence-corrected chi connectivity index (χ0v) is 6.18. The van der Waals surface area contributed by atoms with Crippen LogP contribution in [0, 0.1) is 24.0 Å². The molecular formula is C9H6F2O. The van der Waals surface area contributed by atoms with Gasteiger partial charge in [0.05, 0.1) is 0 Å². The number of ether oxygens (including phenoxy) is 1. The first-order valence-corrected chi connectivity index (χ1v) is 3.25. The smallest absolute Gasteiger partial charge is 0.165 e. The highest BCUT2D eigenvalue weighted by atomic mass is 19.1. The highest BCUT2D eigenvalue weighted by Gasteiger charge is 2.03. The first-order valence-electron chi connectivity index (χ1n) is 3.25. The van der Waals surface area contributed by atoms with E-state index in [1.165, 1.54) is 0 Å². The van der Waals surface area contributed by atoms with Gasteiger partial charge in [0.1, 0.15) is 12.4 Å². The molecule has 0 saturated heterocycles. The Hall–Kier alpha value is -1.56. The molecule has 0 N–H and O–H groups in total. The van der Waals surface area contributed by atoms with E-state index < -0.39 is 11.6 Å². The number of terminal acetylenes is 1. The molecule has 1 rings (SSSR count). The summed E-state index contributed by atoms with van der Waals surface area (Å²) in [5, 5.41) is 0. The monoisotopic (exact) mass is 168 g/mol. The molecule has 0 amide bonds. The molecule has 0 aliphatic carbocycles. The Morgan fingerprint density at radius 1 is 1.42 bits per heavy atom. The maximum atomic E-state index is 12.7. The molecule has 0 heterocycles. The van der Waals surface area contributed by atoms with Gasteiger partial charge < -0.3 is 4.74 Å². The molecular weight excluding hydrogens is 162 g/mol. The lowest BCUT2D eigenvalue weighted by molar-refractivity contribution is 0.345. The lowest BCUT2D eigenvalue weighted by atomic mass is 10.3. The Labute approximate surface area is 69.0 Å². The predicted octanol–water partition coefficient (Wildman–Crippen LogP) is 1.98. The molecule has 0 aliphatic rings. The van der Waals surface area contributed by atoms with Crippen molar-refractivity contribution in [3.63, 3.8) is 0 Å². The molecule has 1 aromatic rings. The first kappa shape index (κ1) is 8.54. The number of benzene rings is 1. The topological polar surface area (TPSA) is 9.23 Å². The molecule has 0 saturated carbocycles. The van der Waals surface area contributed by atoms with Crippen LogP contribution in [0.2, 0.25) is 0 Å². The first-order chi connectivity index (χ1) is 5.74. The lowest BCUT2D eigenvalue weighted by Crippen LogP contribution is -1.96. The van der Waals surface area contributed by atoms with E-state index in [1.54, 1.807) is 0 Å². The molecule has 62 valence electrons. The van der Waals surface area contributed by atoms with Gasteiger partial charge in [-0.3, -0.25) is 0 Å². The maximum Gasteiger partial charge on any atom is 0.165 e. The summed E-state index contributed by atoms with van der Waals surface area (Å²) in [6.45, 7) is -0.0691. The molecule has 1 nitrogen and oxygen atoms in total. The zero-order chi connectivity index (χ0) is 8.97. The average Bonchev–Trinajstić information content (AvgIpc) is 2.07. The molecule has 0 spiro atoms. The Bertz CT molecular complexity index is 315. The van der Waals surface area contributed by atoms with Crippen LogP contribution in [0.15, 0.2) is 18.2 Å². The van der Waals surface area contributed by atoms with Crippen LogP contribution < -0.4 is 4.74 Å². The van der Waals surface area contributed by atoms with E-state index in [9.17, 15) is 8.78 Å². The highest BCUT2D eigenvalue weighted by Crippen LogP contribution is 2.17. The van der Waals surface area contributed by atoms with E-state index in [0.29, 0.717) is 0 Å². The summed E-state index contributed by atoms with van der Waals surface area (Å²) < 4.78 is 29.9. The Kier molecular flexibility index (Phi) is 2.65. The minimum Gasteiger partial charge on any atom is -0.478 e. The highest BCUT2D eigenvalue weighted by molar-refractivity contribution is 5.25. The minimum atomic E-state index is -0.619. The second kappa shape index (κ2) is 3.72. The molecule has 3 heteroatoms. The lowest BCUT2D eigenvalue weighted by Gasteiger charge is -2.02. The van der Waals surface area contributed by atoms with Gasteiger partial charge in [-0.05, 0) is 12.1 Å². The third-order valence-electron chi connectivity index (χ3n) is 1.20. The number of hydrogen-bond acceptors (Lipinski definition) is 1. The summed E-state index contributed by atoms with van der Waals surface area (Å²) >= 11 is 0. The fraction of sp³-hybridized carbons (Fsp3) is 0.111. The Morgan fingerprint density at radius 2 is 2.17 bits per heavy atom. The summed E-state index contributed by atoms with van der Waals surface area (Å²) in [5.74, 6) is 0.821. The SMILES string of the molecule is C#CCOc1cc(F)ccc1F. The quantitative estimate of drug-likeness (QED) is 0.613. The number of halogens is 2. The van der Waals surface area contributed by atoms with Crippen LogP contribution in [0.4, 0.5) is 8.78 Å². The third-order valence-corrected chi connectivity index (χ3v) is 1.20. The third kappa shape index (κ3) is 1.96.